The second kappa shape index (κ2) is 5.96. The molecule has 1 aromatic carbocycles. The molecule has 1 aliphatic heterocycles. The summed E-state index contributed by atoms with van der Waals surface area (Å²) in [5, 5.41) is 10.2. The Morgan fingerprint density at radius 3 is 3.00 bits per heavy atom. The van der Waals surface area contributed by atoms with Gasteiger partial charge >= 0.3 is 0 Å². The first-order valence-corrected chi connectivity index (χ1v) is 9.18. The summed E-state index contributed by atoms with van der Waals surface area (Å²) in [6.07, 6.45) is 4.10. The highest BCUT2D eigenvalue weighted by Gasteiger charge is 2.40. The number of hydrogen-bond acceptors (Lipinski definition) is 3. The first-order valence-electron chi connectivity index (χ1n) is 8.39. The maximum absolute atomic E-state index is 14.4. The van der Waals surface area contributed by atoms with Gasteiger partial charge in [-0.3, -0.25) is 4.98 Å². The maximum atomic E-state index is 14.4. The Labute approximate surface area is 162 Å². The standard InChI is InChI=1S/C20H12BrFN5/c21-13-3-6-17-12(8-13)11-26-19(20-18(27(17)26)2-1-7-24-20)9-16-15(22)5-4-14(10-23)25-16/h1-8,11,19H,9H2/q+1. The molecule has 5 rings (SSSR count). The molecule has 0 bridgehead atoms. The molecule has 5 nitrogen and oxygen atoms in total. The lowest BCUT2D eigenvalue weighted by molar-refractivity contribution is -0.771. The van der Waals surface area contributed by atoms with Crippen LogP contribution in [0.5, 0.6) is 0 Å². The fourth-order valence-corrected chi connectivity index (χ4v) is 4.04. The van der Waals surface area contributed by atoms with E-state index in [1.807, 2.05) is 36.5 Å². The predicted octanol–water partition coefficient (Wildman–Crippen LogP) is 3.63. The van der Waals surface area contributed by atoms with Crippen molar-refractivity contribution in [2.75, 3.05) is 0 Å². The average Bonchev–Trinajstić information content (AvgIpc) is 3.18. The summed E-state index contributed by atoms with van der Waals surface area (Å²) in [6.45, 7) is 0. The van der Waals surface area contributed by atoms with E-state index in [2.05, 4.69) is 41.3 Å². The van der Waals surface area contributed by atoms with E-state index in [-0.39, 0.29) is 17.4 Å². The molecule has 0 amide bonds. The molecule has 4 heterocycles. The SMILES string of the molecule is N#Cc1ccc(F)c(CC2c3ncccc3-n3c4ccc(Br)cc4c[n+]32)n1. The second-order valence-corrected chi connectivity index (χ2v) is 7.30. The van der Waals surface area contributed by atoms with Crippen molar-refractivity contribution in [1.29, 1.82) is 5.26 Å². The van der Waals surface area contributed by atoms with Crippen LogP contribution in [0.1, 0.15) is 23.1 Å². The van der Waals surface area contributed by atoms with Gasteiger partial charge in [0.1, 0.15) is 34.5 Å². The molecular weight excluding hydrogens is 409 g/mol. The van der Waals surface area contributed by atoms with Crippen LogP contribution in [0.2, 0.25) is 0 Å². The molecule has 0 radical (unpaired) electrons. The van der Waals surface area contributed by atoms with Gasteiger partial charge in [0.15, 0.2) is 0 Å². The first-order chi connectivity index (χ1) is 13.2. The molecule has 130 valence electrons. The Morgan fingerprint density at radius 1 is 1.26 bits per heavy atom. The van der Waals surface area contributed by atoms with Gasteiger partial charge in [-0.1, -0.05) is 15.9 Å². The van der Waals surface area contributed by atoms with Gasteiger partial charge in [0.25, 0.3) is 0 Å². The third kappa shape index (κ3) is 2.45. The van der Waals surface area contributed by atoms with Gasteiger partial charge in [-0.05, 0) is 42.5 Å². The fourth-order valence-electron chi connectivity index (χ4n) is 3.66. The number of hydrogen-bond donors (Lipinski definition) is 0. The van der Waals surface area contributed by atoms with E-state index in [4.69, 9.17) is 5.26 Å². The van der Waals surface area contributed by atoms with Crippen LogP contribution in [0.15, 0.2) is 59.3 Å². The van der Waals surface area contributed by atoms with Crippen LogP contribution in [0.4, 0.5) is 4.39 Å². The van der Waals surface area contributed by atoms with Gasteiger partial charge in [0.2, 0.25) is 12.2 Å². The van der Waals surface area contributed by atoms with Crippen LogP contribution in [-0.4, -0.2) is 14.6 Å². The van der Waals surface area contributed by atoms with Crippen LogP contribution < -0.4 is 4.68 Å². The summed E-state index contributed by atoms with van der Waals surface area (Å²) in [6, 6.07) is 14.5. The molecule has 0 saturated carbocycles. The molecule has 3 aromatic heterocycles. The summed E-state index contributed by atoms with van der Waals surface area (Å²) in [7, 11) is 0. The second-order valence-electron chi connectivity index (χ2n) is 6.39. The topological polar surface area (TPSA) is 58.4 Å². The van der Waals surface area contributed by atoms with E-state index in [9.17, 15) is 4.39 Å². The summed E-state index contributed by atoms with van der Waals surface area (Å²) in [5.74, 6) is -0.413. The molecule has 1 aliphatic rings. The average molecular weight is 421 g/mol. The monoisotopic (exact) mass is 420 g/mol. The quantitative estimate of drug-likeness (QED) is 0.465. The minimum absolute atomic E-state index is 0.205. The van der Waals surface area contributed by atoms with Crippen LogP contribution in [0.3, 0.4) is 0 Å². The van der Waals surface area contributed by atoms with Crippen molar-refractivity contribution in [3.05, 3.63) is 82.2 Å². The minimum Gasteiger partial charge on any atom is -0.252 e. The van der Waals surface area contributed by atoms with Gasteiger partial charge in [-0.15, -0.1) is 9.36 Å². The Balaban J connectivity index is 1.71. The van der Waals surface area contributed by atoms with Crippen molar-refractivity contribution in [2.45, 2.75) is 12.5 Å². The molecule has 0 spiro atoms. The van der Waals surface area contributed by atoms with Crippen molar-refractivity contribution in [3.63, 3.8) is 0 Å². The van der Waals surface area contributed by atoms with Crippen LogP contribution in [0.25, 0.3) is 16.6 Å². The van der Waals surface area contributed by atoms with Crippen molar-refractivity contribution in [1.82, 2.24) is 14.6 Å². The number of fused-ring (bicyclic) bond motifs is 5. The number of nitriles is 1. The van der Waals surface area contributed by atoms with Crippen LogP contribution in [-0.2, 0) is 6.42 Å². The first kappa shape index (κ1) is 16.1. The number of halogens is 2. The van der Waals surface area contributed by atoms with Crippen molar-refractivity contribution >= 4 is 26.8 Å². The minimum atomic E-state index is -0.413. The summed E-state index contributed by atoms with van der Waals surface area (Å²) >= 11 is 3.51. The zero-order valence-electron chi connectivity index (χ0n) is 14.0. The van der Waals surface area contributed by atoms with Crippen molar-refractivity contribution in [2.24, 2.45) is 0 Å². The van der Waals surface area contributed by atoms with E-state index in [1.54, 1.807) is 6.20 Å². The predicted molar refractivity (Wildman–Crippen MR) is 99.7 cm³/mol. The molecule has 0 saturated heterocycles. The van der Waals surface area contributed by atoms with Gasteiger partial charge in [-0.25, -0.2) is 9.37 Å². The Hall–Kier alpha value is -3.11. The van der Waals surface area contributed by atoms with E-state index < -0.39 is 5.82 Å². The van der Waals surface area contributed by atoms with E-state index in [1.165, 1.54) is 12.1 Å². The summed E-state index contributed by atoms with van der Waals surface area (Å²) < 4.78 is 19.5. The highest BCUT2D eigenvalue weighted by atomic mass is 79.9. The van der Waals surface area contributed by atoms with Crippen molar-refractivity contribution < 1.29 is 9.07 Å². The smallest absolute Gasteiger partial charge is 0.232 e. The molecule has 27 heavy (non-hydrogen) atoms. The Bertz CT molecular complexity index is 1260. The Kier molecular flexibility index (Phi) is 3.55. The molecule has 0 fully saturated rings. The van der Waals surface area contributed by atoms with Crippen LogP contribution in [0, 0.1) is 17.1 Å². The number of aromatic nitrogens is 4. The van der Waals surface area contributed by atoms with E-state index in [0.717, 1.165) is 26.8 Å². The molecule has 0 aliphatic carbocycles. The number of benzene rings is 1. The Morgan fingerprint density at radius 2 is 2.15 bits per heavy atom. The normalized spacial score (nSPS) is 14.8. The number of nitrogens with zero attached hydrogens (tertiary/aromatic N) is 5. The van der Waals surface area contributed by atoms with Crippen LogP contribution >= 0.6 is 15.9 Å². The lowest BCUT2D eigenvalue weighted by atomic mass is 10.1. The highest BCUT2D eigenvalue weighted by molar-refractivity contribution is 9.10. The van der Waals surface area contributed by atoms with Crippen molar-refractivity contribution in [3.8, 4) is 11.8 Å². The highest BCUT2D eigenvalue weighted by Crippen LogP contribution is 2.32. The molecular formula is C20H12BrFN5+. The van der Waals surface area contributed by atoms with Gasteiger partial charge in [0, 0.05) is 10.7 Å². The zero-order chi connectivity index (χ0) is 18.5. The van der Waals surface area contributed by atoms with Gasteiger partial charge in [0.05, 0.1) is 17.5 Å². The lowest BCUT2D eigenvalue weighted by Gasteiger charge is -2.06. The van der Waals surface area contributed by atoms with E-state index in [0.29, 0.717) is 6.42 Å². The third-order valence-corrected chi connectivity index (χ3v) is 5.31. The van der Waals surface area contributed by atoms with E-state index >= 15 is 0 Å². The molecule has 1 unspecified atom stereocenters. The zero-order valence-corrected chi connectivity index (χ0v) is 15.6. The molecule has 0 N–H and O–H groups in total. The fraction of sp³-hybridized carbons (Fsp3) is 0.100. The summed E-state index contributed by atoms with van der Waals surface area (Å²) in [5.41, 5.74) is 3.36. The number of pyridine rings is 2. The number of rotatable bonds is 2. The molecule has 4 aromatic rings. The summed E-state index contributed by atoms with van der Waals surface area (Å²) in [4.78, 5) is 8.73. The molecule has 7 heteroatoms. The third-order valence-electron chi connectivity index (χ3n) is 4.82. The van der Waals surface area contributed by atoms with Gasteiger partial charge in [-0.2, -0.15) is 5.26 Å². The largest absolute Gasteiger partial charge is 0.252 e. The van der Waals surface area contributed by atoms with Gasteiger partial charge < -0.3 is 0 Å². The lowest BCUT2D eigenvalue weighted by Crippen LogP contribution is -2.43. The maximum Gasteiger partial charge on any atom is 0.232 e. The molecule has 1 atom stereocenters.